The van der Waals surface area contributed by atoms with Gasteiger partial charge in [0.25, 0.3) is 0 Å². The lowest BCUT2D eigenvalue weighted by Crippen LogP contribution is -2.45. The highest BCUT2D eigenvalue weighted by atomic mass is 19.4. The molecule has 1 aromatic rings. The Hall–Kier alpha value is -1.03. The highest BCUT2D eigenvalue weighted by Crippen LogP contribution is 2.55. The van der Waals surface area contributed by atoms with Gasteiger partial charge in [-0.25, -0.2) is 0 Å². The van der Waals surface area contributed by atoms with Crippen molar-refractivity contribution in [2.24, 2.45) is 0 Å². The Kier molecular flexibility index (Phi) is 2.66. The van der Waals surface area contributed by atoms with Gasteiger partial charge in [-0.3, -0.25) is 4.90 Å². The fraction of sp³-hybridized carbons (Fsp3) is 0.571. The van der Waals surface area contributed by atoms with Gasteiger partial charge in [-0.2, -0.15) is 13.2 Å². The van der Waals surface area contributed by atoms with Crippen LogP contribution < -0.4 is 0 Å². The molecule has 1 aliphatic heterocycles. The third-order valence-electron chi connectivity index (χ3n) is 4.27. The summed E-state index contributed by atoms with van der Waals surface area (Å²) in [5, 5.41) is 0. The quantitative estimate of drug-likeness (QED) is 0.778. The Bertz CT molecular complexity index is 422. The van der Waals surface area contributed by atoms with Gasteiger partial charge in [-0.05, 0) is 31.2 Å². The van der Waals surface area contributed by atoms with E-state index < -0.39 is 12.2 Å². The number of rotatable bonds is 2. The minimum Gasteiger partial charge on any atom is -0.282 e. The summed E-state index contributed by atoms with van der Waals surface area (Å²) in [5.41, 5.74) is 0.829. The van der Waals surface area contributed by atoms with E-state index in [4.69, 9.17) is 0 Å². The van der Waals surface area contributed by atoms with Gasteiger partial charge >= 0.3 is 6.18 Å². The van der Waals surface area contributed by atoms with E-state index >= 15 is 0 Å². The average Bonchev–Trinajstić information content (AvgIpc) is 2.99. The van der Waals surface area contributed by atoms with Gasteiger partial charge in [-0.15, -0.1) is 0 Å². The van der Waals surface area contributed by atoms with Crippen molar-refractivity contribution in [3.63, 3.8) is 0 Å². The second-order valence-electron chi connectivity index (χ2n) is 5.43. The maximum Gasteiger partial charge on any atom is 0.404 e. The molecule has 0 amide bonds. The number of hydrogen-bond acceptors (Lipinski definition) is 1. The van der Waals surface area contributed by atoms with Crippen molar-refractivity contribution < 1.29 is 13.2 Å². The Morgan fingerprint density at radius 1 is 1.11 bits per heavy atom. The monoisotopic (exact) mass is 255 g/mol. The molecule has 0 radical (unpaired) electrons. The van der Waals surface area contributed by atoms with Crippen LogP contribution in [0.3, 0.4) is 0 Å². The lowest BCUT2D eigenvalue weighted by Gasteiger charge is -2.31. The first-order valence-corrected chi connectivity index (χ1v) is 6.39. The SMILES string of the molecule is FC(F)(F)[C@@H]1CCC2(CC2)N1Cc1ccccc1. The van der Waals surface area contributed by atoms with Crippen molar-refractivity contribution in [2.75, 3.05) is 0 Å². The molecule has 0 bridgehead atoms. The van der Waals surface area contributed by atoms with Crippen molar-refractivity contribution in [2.45, 2.75) is 50.0 Å². The maximum atomic E-state index is 13.0. The fourth-order valence-corrected chi connectivity index (χ4v) is 3.12. The van der Waals surface area contributed by atoms with Crippen LogP contribution in [0.15, 0.2) is 30.3 Å². The standard InChI is InChI=1S/C14H16F3N/c15-14(16,17)12-6-7-13(8-9-13)18(12)10-11-4-2-1-3-5-11/h1-5,12H,6-10H2/t12-/m0/s1. The van der Waals surface area contributed by atoms with Crippen molar-refractivity contribution >= 4 is 0 Å². The van der Waals surface area contributed by atoms with Crippen LogP contribution in [-0.2, 0) is 6.54 Å². The molecule has 1 saturated carbocycles. The molecule has 0 aromatic heterocycles. The number of halogens is 3. The average molecular weight is 255 g/mol. The Labute approximate surface area is 105 Å². The summed E-state index contributed by atoms with van der Waals surface area (Å²) >= 11 is 0. The molecule has 1 aliphatic carbocycles. The van der Waals surface area contributed by atoms with Crippen LogP contribution in [0.4, 0.5) is 13.2 Å². The van der Waals surface area contributed by atoms with Gasteiger partial charge in [-0.1, -0.05) is 30.3 Å². The van der Waals surface area contributed by atoms with Crippen molar-refractivity contribution in [3.8, 4) is 0 Å². The summed E-state index contributed by atoms with van der Waals surface area (Å²) in [6.07, 6.45) is -1.29. The number of nitrogens with zero attached hydrogens (tertiary/aromatic N) is 1. The van der Waals surface area contributed by atoms with E-state index in [1.54, 1.807) is 4.90 Å². The second-order valence-corrected chi connectivity index (χ2v) is 5.43. The number of likely N-dealkylation sites (tertiary alicyclic amines) is 1. The van der Waals surface area contributed by atoms with Crippen LogP contribution in [0, 0.1) is 0 Å². The molecule has 4 heteroatoms. The summed E-state index contributed by atoms with van der Waals surface area (Å²) < 4.78 is 39.1. The van der Waals surface area contributed by atoms with Crippen molar-refractivity contribution in [1.29, 1.82) is 0 Å². The topological polar surface area (TPSA) is 3.24 Å². The van der Waals surface area contributed by atoms with Gasteiger partial charge < -0.3 is 0 Å². The molecule has 3 rings (SSSR count). The molecule has 2 aliphatic rings. The normalized spacial score (nSPS) is 26.7. The van der Waals surface area contributed by atoms with Crippen LogP contribution in [0.5, 0.6) is 0 Å². The zero-order valence-corrected chi connectivity index (χ0v) is 10.1. The highest BCUT2D eigenvalue weighted by Gasteiger charge is 2.60. The molecule has 0 unspecified atom stereocenters. The number of benzene rings is 1. The van der Waals surface area contributed by atoms with E-state index in [0.717, 1.165) is 18.4 Å². The summed E-state index contributed by atoms with van der Waals surface area (Å²) in [4.78, 5) is 1.70. The van der Waals surface area contributed by atoms with Crippen LogP contribution in [0.1, 0.15) is 31.2 Å². The summed E-state index contributed by atoms with van der Waals surface area (Å²) in [6.45, 7) is 0.422. The zero-order valence-electron chi connectivity index (χ0n) is 10.1. The first-order valence-electron chi connectivity index (χ1n) is 6.39. The number of hydrogen-bond donors (Lipinski definition) is 0. The molecule has 2 fully saturated rings. The Balaban J connectivity index is 1.83. The van der Waals surface area contributed by atoms with E-state index in [1.807, 2.05) is 30.3 Å². The van der Waals surface area contributed by atoms with Crippen LogP contribution in [0.25, 0.3) is 0 Å². The minimum absolute atomic E-state index is 0.143. The first-order chi connectivity index (χ1) is 8.51. The van der Waals surface area contributed by atoms with E-state index in [9.17, 15) is 13.2 Å². The predicted molar refractivity (Wildman–Crippen MR) is 63.0 cm³/mol. The molecule has 0 N–H and O–H groups in total. The summed E-state index contributed by atoms with van der Waals surface area (Å²) in [6, 6.07) is 8.21. The predicted octanol–water partition coefficient (Wildman–Crippen LogP) is 3.75. The second kappa shape index (κ2) is 3.98. The van der Waals surface area contributed by atoms with Crippen LogP contribution in [0.2, 0.25) is 0 Å². The molecule has 1 aromatic carbocycles. The van der Waals surface area contributed by atoms with Crippen LogP contribution in [-0.4, -0.2) is 22.7 Å². The number of alkyl halides is 3. The molecule has 1 nitrogen and oxygen atoms in total. The largest absolute Gasteiger partial charge is 0.404 e. The van der Waals surface area contributed by atoms with Gasteiger partial charge in [0, 0.05) is 12.1 Å². The lowest BCUT2D eigenvalue weighted by atomic mass is 10.1. The van der Waals surface area contributed by atoms with Crippen molar-refractivity contribution in [1.82, 2.24) is 4.90 Å². The van der Waals surface area contributed by atoms with E-state index in [1.165, 1.54) is 0 Å². The zero-order chi connectivity index (χ0) is 12.8. The van der Waals surface area contributed by atoms with Gasteiger partial charge in [0.1, 0.15) is 6.04 Å². The van der Waals surface area contributed by atoms with Crippen molar-refractivity contribution in [3.05, 3.63) is 35.9 Å². The van der Waals surface area contributed by atoms with Gasteiger partial charge in [0.15, 0.2) is 0 Å². The van der Waals surface area contributed by atoms with E-state index in [2.05, 4.69) is 0 Å². The van der Waals surface area contributed by atoms with Gasteiger partial charge in [0.2, 0.25) is 0 Å². The molecule has 98 valence electrons. The summed E-state index contributed by atoms with van der Waals surface area (Å²) in [5.74, 6) is 0. The first kappa shape index (κ1) is 12.0. The third kappa shape index (κ3) is 2.03. The molecule has 1 saturated heterocycles. The Morgan fingerprint density at radius 3 is 2.33 bits per heavy atom. The molecular weight excluding hydrogens is 239 g/mol. The molecule has 18 heavy (non-hydrogen) atoms. The lowest BCUT2D eigenvalue weighted by molar-refractivity contribution is -0.182. The summed E-state index contributed by atoms with van der Waals surface area (Å²) in [7, 11) is 0. The van der Waals surface area contributed by atoms with E-state index in [-0.39, 0.29) is 12.0 Å². The highest BCUT2D eigenvalue weighted by molar-refractivity contribution is 5.19. The molecule has 1 heterocycles. The van der Waals surface area contributed by atoms with E-state index in [0.29, 0.717) is 13.0 Å². The van der Waals surface area contributed by atoms with Gasteiger partial charge in [0.05, 0.1) is 0 Å². The molecular formula is C14H16F3N. The third-order valence-corrected chi connectivity index (χ3v) is 4.27. The molecule has 1 atom stereocenters. The fourth-order valence-electron chi connectivity index (χ4n) is 3.12. The smallest absolute Gasteiger partial charge is 0.282 e. The maximum absolute atomic E-state index is 13.0. The molecule has 1 spiro atoms. The minimum atomic E-state index is -4.10. The van der Waals surface area contributed by atoms with Crippen LogP contribution >= 0.6 is 0 Å². The Morgan fingerprint density at radius 2 is 1.78 bits per heavy atom.